The fourth-order valence-electron chi connectivity index (χ4n) is 4.44. The summed E-state index contributed by atoms with van der Waals surface area (Å²) in [4.78, 5) is 14.2. The summed E-state index contributed by atoms with van der Waals surface area (Å²) < 4.78 is 40.8. The largest absolute Gasteiger partial charge is 0.437 e. The molecule has 5 aromatic rings. The minimum Gasteiger partial charge on any atom is -0.437 e. The van der Waals surface area contributed by atoms with Crippen molar-refractivity contribution in [1.29, 1.82) is 0 Å². The van der Waals surface area contributed by atoms with Gasteiger partial charge in [0.05, 0.1) is 41.2 Å². The zero-order valence-electron chi connectivity index (χ0n) is 21.6. The van der Waals surface area contributed by atoms with Crippen molar-refractivity contribution in [2.75, 3.05) is 36.3 Å². The van der Waals surface area contributed by atoms with Gasteiger partial charge in [-0.3, -0.25) is 4.72 Å². The van der Waals surface area contributed by atoms with Gasteiger partial charge >= 0.3 is 0 Å². The Kier molecular flexibility index (Phi) is 7.99. The first-order valence-corrected chi connectivity index (χ1v) is 15.5. The molecule has 0 spiro atoms. The van der Waals surface area contributed by atoms with Gasteiger partial charge in [-0.15, -0.1) is 11.3 Å². The summed E-state index contributed by atoms with van der Waals surface area (Å²) >= 11 is 7.56. The van der Waals surface area contributed by atoms with Crippen LogP contribution < -0.4 is 20.1 Å². The summed E-state index contributed by atoms with van der Waals surface area (Å²) in [7, 11) is -3.92. The fourth-order valence-corrected chi connectivity index (χ4v) is 6.72. The predicted molar refractivity (Wildman–Crippen MR) is 161 cm³/mol. The average Bonchev–Trinajstić information content (AvgIpc) is 3.28. The topological polar surface area (TPSA) is 127 Å². The molecule has 1 saturated heterocycles. The molecule has 2 aromatic heterocycles. The van der Waals surface area contributed by atoms with Crippen LogP contribution in [0.3, 0.4) is 0 Å². The Morgan fingerprint density at radius 2 is 1.88 bits per heavy atom. The highest BCUT2D eigenvalue weighted by atomic mass is 35.5. The standard InChI is InChI=1S/C28H25ClN6O4S2/c29-21-7-1-2-10-25(21)41(36,37)35-22-8-3-6-20-19(22)5-4-9-24(20)39-27-26(40-17-32-27)23-11-12-31-28(34-23)33-18-15-30-13-14-38-16-18/h1-12,17-18,30,35H,13-16H2,(H,31,33,34). The second-order valence-corrected chi connectivity index (χ2v) is 12.1. The molecule has 3 heterocycles. The third kappa shape index (κ3) is 6.11. The molecule has 1 fully saturated rings. The Morgan fingerprint density at radius 1 is 1.02 bits per heavy atom. The molecule has 10 nitrogen and oxygen atoms in total. The first-order chi connectivity index (χ1) is 20.0. The zero-order chi connectivity index (χ0) is 28.2. The molecule has 0 bridgehead atoms. The highest BCUT2D eigenvalue weighted by molar-refractivity contribution is 7.92. The number of rotatable bonds is 8. The normalized spacial score (nSPS) is 15.8. The maximum Gasteiger partial charge on any atom is 0.263 e. The van der Waals surface area contributed by atoms with Crippen LogP contribution in [0.2, 0.25) is 5.02 Å². The van der Waals surface area contributed by atoms with Gasteiger partial charge in [-0.2, -0.15) is 0 Å². The molecule has 210 valence electrons. The third-order valence-corrected chi connectivity index (χ3v) is 9.04. The summed E-state index contributed by atoms with van der Waals surface area (Å²) in [6.45, 7) is 2.79. The van der Waals surface area contributed by atoms with E-state index in [1.165, 1.54) is 23.5 Å². The minimum absolute atomic E-state index is 0.000250. The van der Waals surface area contributed by atoms with Gasteiger partial charge in [-0.25, -0.2) is 23.4 Å². The molecule has 0 amide bonds. The van der Waals surface area contributed by atoms with E-state index in [0.29, 0.717) is 52.9 Å². The van der Waals surface area contributed by atoms with Gasteiger partial charge in [-0.05, 0) is 30.3 Å². The van der Waals surface area contributed by atoms with Gasteiger partial charge in [0.15, 0.2) is 0 Å². The van der Waals surface area contributed by atoms with E-state index in [9.17, 15) is 8.42 Å². The lowest BCUT2D eigenvalue weighted by molar-refractivity contribution is 0.145. The Balaban J connectivity index is 1.27. The van der Waals surface area contributed by atoms with Crippen molar-refractivity contribution >= 4 is 55.4 Å². The molecule has 1 unspecified atom stereocenters. The molecule has 1 aliphatic rings. The van der Waals surface area contributed by atoms with Crippen LogP contribution >= 0.6 is 22.9 Å². The lowest BCUT2D eigenvalue weighted by atomic mass is 10.1. The highest BCUT2D eigenvalue weighted by Crippen LogP contribution is 2.39. The van der Waals surface area contributed by atoms with E-state index in [1.54, 1.807) is 48.1 Å². The van der Waals surface area contributed by atoms with Crippen LogP contribution in [0.5, 0.6) is 11.6 Å². The summed E-state index contributed by atoms with van der Waals surface area (Å²) in [6, 6.07) is 18.9. The first-order valence-electron chi connectivity index (χ1n) is 12.8. The number of nitrogens with zero attached hydrogens (tertiary/aromatic N) is 3. The Bertz CT molecular complexity index is 1790. The predicted octanol–water partition coefficient (Wildman–Crippen LogP) is 5.40. The molecule has 0 aliphatic carbocycles. The van der Waals surface area contributed by atoms with Crippen LogP contribution in [0.4, 0.5) is 11.6 Å². The van der Waals surface area contributed by atoms with E-state index >= 15 is 0 Å². The molecule has 1 atom stereocenters. The molecular formula is C28H25ClN6O4S2. The number of benzene rings is 3. The molecular weight excluding hydrogens is 584 g/mol. The fraction of sp³-hybridized carbons (Fsp3) is 0.179. The summed E-state index contributed by atoms with van der Waals surface area (Å²) in [5.41, 5.74) is 2.75. The Labute approximate surface area is 245 Å². The highest BCUT2D eigenvalue weighted by Gasteiger charge is 2.20. The van der Waals surface area contributed by atoms with Gasteiger partial charge < -0.3 is 20.1 Å². The van der Waals surface area contributed by atoms with Crippen molar-refractivity contribution in [3.05, 3.63) is 83.5 Å². The SMILES string of the molecule is O=S(=O)(Nc1cccc2c(Oc3ncsc3-c3ccnc(NC4CNCCOC4)n3)cccc12)c1ccccc1Cl. The molecule has 3 aromatic carbocycles. The number of hydrogen-bond donors (Lipinski definition) is 3. The van der Waals surface area contributed by atoms with E-state index in [-0.39, 0.29) is 16.0 Å². The van der Waals surface area contributed by atoms with Gasteiger partial charge in [0.2, 0.25) is 11.8 Å². The molecule has 13 heteroatoms. The molecule has 0 radical (unpaired) electrons. The number of hydrogen-bond acceptors (Lipinski definition) is 10. The van der Waals surface area contributed by atoms with E-state index in [1.807, 2.05) is 18.2 Å². The lowest BCUT2D eigenvalue weighted by Crippen LogP contribution is -2.34. The van der Waals surface area contributed by atoms with Crippen LogP contribution in [0, 0.1) is 0 Å². The molecule has 0 saturated carbocycles. The number of nitrogens with one attached hydrogen (secondary N) is 3. The van der Waals surface area contributed by atoms with Crippen LogP contribution in [0.25, 0.3) is 21.3 Å². The number of thiazole rings is 1. The van der Waals surface area contributed by atoms with Crippen LogP contribution in [-0.4, -0.2) is 55.7 Å². The van der Waals surface area contributed by atoms with Crippen molar-refractivity contribution < 1.29 is 17.9 Å². The van der Waals surface area contributed by atoms with Gasteiger partial charge in [0.25, 0.3) is 10.0 Å². The number of anilines is 2. The van der Waals surface area contributed by atoms with E-state index in [4.69, 9.17) is 26.1 Å². The monoisotopic (exact) mass is 608 g/mol. The van der Waals surface area contributed by atoms with E-state index in [0.717, 1.165) is 18.0 Å². The number of fused-ring (bicyclic) bond motifs is 1. The van der Waals surface area contributed by atoms with Gasteiger partial charge in [0.1, 0.15) is 15.5 Å². The van der Waals surface area contributed by atoms with Gasteiger partial charge in [-0.1, -0.05) is 48.0 Å². The average molecular weight is 609 g/mol. The molecule has 41 heavy (non-hydrogen) atoms. The quantitative estimate of drug-likeness (QED) is 0.212. The Hall–Kier alpha value is -3.81. The number of halogens is 1. The van der Waals surface area contributed by atoms with E-state index in [2.05, 4.69) is 25.3 Å². The third-order valence-electron chi connectivity index (χ3n) is 6.35. The Morgan fingerprint density at radius 3 is 2.78 bits per heavy atom. The summed E-state index contributed by atoms with van der Waals surface area (Å²) in [5, 5.41) is 8.15. The summed E-state index contributed by atoms with van der Waals surface area (Å²) in [6.07, 6.45) is 1.69. The second kappa shape index (κ2) is 12.0. The number of sulfonamides is 1. The minimum atomic E-state index is -3.92. The lowest BCUT2D eigenvalue weighted by Gasteiger charge is -2.16. The smallest absolute Gasteiger partial charge is 0.263 e. The second-order valence-electron chi connectivity index (χ2n) is 9.17. The molecule has 1 aliphatic heterocycles. The van der Waals surface area contributed by atoms with Gasteiger partial charge in [0, 0.05) is 30.1 Å². The maximum atomic E-state index is 13.1. The van der Waals surface area contributed by atoms with Crippen molar-refractivity contribution in [2.24, 2.45) is 0 Å². The number of aromatic nitrogens is 3. The molecule has 6 rings (SSSR count). The zero-order valence-corrected chi connectivity index (χ0v) is 24.0. The maximum absolute atomic E-state index is 13.1. The van der Waals surface area contributed by atoms with Crippen molar-refractivity contribution in [2.45, 2.75) is 10.9 Å². The number of ether oxygens (including phenoxy) is 2. The van der Waals surface area contributed by atoms with Crippen LogP contribution in [0.1, 0.15) is 0 Å². The molecule has 3 N–H and O–H groups in total. The van der Waals surface area contributed by atoms with Crippen molar-refractivity contribution in [3.63, 3.8) is 0 Å². The van der Waals surface area contributed by atoms with E-state index < -0.39 is 10.0 Å². The summed E-state index contributed by atoms with van der Waals surface area (Å²) in [5.74, 6) is 1.39. The van der Waals surface area contributed by atoms with Crippen molar-refractivity contribution in [3.8, 4) is 22.2 Å². The van der Waals surface area contributed by atoms with Crippen LogP contribution in [-0.2, 0) is 14.8 Å². The first kappa shape index (κ1) is 27.4. The van der Waals surface area contributed by atoms with Crippen LogP contribution in [0.15, 0.2) is 83.3 Å². The van der Waals surface area contributed by atoms with Crippen molar-refractivity contribution in [1.82, 2.24) is 20.3 Å².